The van der Waals surface area contributed by atoms with E-state index in [1.54, 1.807) is 27.5 Å². The number of hydrogen-bond acceptors (Lipinski definition) is 5. The number of rotatable bonds is 2. The molecule has 0 spiro atoms. The maximum Gasteiger partial charge on any atom is 0.416 e. The van der Waals surface area contributed by atoms with Gasteiger partial charge in [-0.05, 0) is 31.0 Å². The number of nitrogens with zero attached hydrogens (tertiary/aromatic N) is 6. The molecule has 4 aromatic heterocycles. The zero-order chi connectivity index (χ0) is 19.0. The molecule has 1 aromatic carbocycles. The molecule has 140 valence electrons. The summed E-state index contributed by atoms with van der Waals surface area (Å²) in [6.07, 6.45) is 2.32. The van der Waals surface area contributed by atoms with Crippen LogP contribution in [-0.2, 0) is 6.18 Å². The van der Waals surface area contributed by atoms with E-state index in [0.717, 1.165) is 25.0 Å². The second-order valence-corrected chi connectivity index (χ2v) is 6.88. The van der Waals surface area contributed by atoms with Gasteiger partial charge in [-0.2, -0.15) is 18.2 Å². The number of halogens is 3. The van der Waals surface area contributed by atoms with E-state index < -0.39 is 11.7 Å². The van der Waals surface area contributed by atoms with E-state index in [-0.39, 0.29) is 0 Å². The normalized spacial score (nSPS) is 15.2. The second kappa shape index (κ2) is 5.09. The summed E-state index contributed by atoms with van der Waals surface area (Å²) < 4.78 is 48.5. The lowest BCUT2D eigenvalue weighted by Gasteiger charge is -2.11. The quantitative estimate of drug-likeness (QED) is 0.459. The first kappa shape index (κ1) is 15.6. The van der Waals surface area contributed by atoms with E-state index in [1.807, 2.05) is 0 Å². The van der Waals surface area contributed by atoms with Gasteiger partial charge in [-0.3, -0.25) is 8.80 Å². The summed E-state index contributed by atoms with van der Waals surface area (Å²) in [6.45, 7) is 0. The lowest BCUT2D eigenvalue weighted by atomic mass is 10.1. The van der Waals surface area contributed by atoms with Gasteiger partial charge in [0.2, 0.25) is 11.7 Å². The number of hydrogen-bond donors (Lipinski definition) is 0. The van der Waals surface area contributed by atoms with E-state index in [4.69, 9.17) is 4.52 Å². The molecule has 1 saturated carbocycles. The fraction of sp³-hybridized carbons (Fsp3) is 0.222. The first-order valence-electron chi connectivity index (χ1n) is 8.67. The lowest BCUT2D eigenvalue weighted by Crippen LogP contribution is -2.06. The Hall–Kier alpha value is -3.43. The van der Waals surface area contributed by atoms with Crippen molar-refractivity contribution in [2.45, 2.75) is 24.9 Å². The van der Waals surface area contributed by atoms with Crippen molar-refractivity contribution in [3.8, 4) is 11.5 Å². The van der Waals surface area contributed by atoms with Crippen LogP contribution in [0.25, 0.3) is 33.7 Å². The molecule has 0 bridgehead atoms. The Morgan fingerprint density at radius 1 is 1.14 bits per heavy atom. The van der Waals surface area contributed by atoms with Crippen molar-refractivity contribution >= 4 is 22.2 Å². The first-order valence-corrected chi connectivity index (χ1v) is 8.67. The monoisotopic (exact) mass is 384 g/mol. The number of benzene rings is 1. The third-order valence-electron chi connectivity index (χ3n) is 5.03. The minimum absolute atomic E-state index is 0.297. The highest BCUT2D eigenvalue weighted by atomic mass is 19.4. The number of aromatic nitrogens is 6. The Balaban J connectivity index is 1.69. The summed E-state index contributed by atoms with van der Waals surface area (Å²) >= 11 is 0. The van der Waals surface area contributed by atoms with Crippen LogP contribution in [0.5, 0.6) is 0 Å². The lowest BCUT2D eigenvalue weighted by molar-refractivity contribution is -0.137. The molecule has 1 fully saturated rings. The van der Waals surface area contributed by atoms with Crippen molar-refractivity contribution < 1.29 is 17.7 Å². The van der Waals surface area contributed by atoms with Gasteiger partial charge in [0.05, 0.1) is 23.5 Å². The molecule has 5 aromatic rings. The average Bonchev–Trinajstić information content (AvgIpc) is 3.10. The van der Waals surface area contributed by atoms with Crippen LogP contribution in [0.1, 0.15) is 30.2 Å². The van der Waals surface area contributed by atoms with Crippen LogP contribution in [0, 0.1) is 0 Å². The standard InChI is InChI=1S/C18H11F3N6O/c19-18(20,21)10-3-4-12-11(5-10)16-23-6-13(27(16)14-7-22-8-26(12)14)15-24-17(28-25-15)9-1-2-9/h3-9H,1-2H2. The molecule has 10 heteroatoms. The third-order valence-corrected chi connectivity index (χ3v) is 5.03. The summed E-state index contributed by atoms with van der Waals surface area (Å²) in [6, 6.07) is 3.59. The van der Waals surface area contributed by atoms with Gasteiger partial charge in [-0.1, -0.05) is 5.16 Å². The van der Waals surface area contributed by atoms with E-state index >= 15 is 0 Å². The SMILES string of the molecule is FC(F)(F)c1ccc2c(c1)c1ncc(-c3noc(C4CC4)n3)n1c1cncn21. The van der Waals surface area contributed by atoms with E-state index in [2.05, 4.69) is 20.1 Å². The molecule has 0 atom stereocenters. The van der Waals surface area contributed by atoms with Crippen molar-refractivity contribution in [3.05, 3.63) is 48.4 Å². The van der Waals surface area contributed by atoms with E-state index in [9.17, 15) is 13.2 Å². The van der Waals surface area contributed by atoms with Crippen LogP contribution in [0.15, 0.2) is 41.4 Å². The van der Waals surface area contributed by atoms with E-state index in [0.29, 0.717) is 45.5 Å². The maximum absolute atomic E-state index is 13.2. The smallest absolute Gasteiger partial charge is 0.339 e. The van der Waals surface area contributed by atoms with E-state index in [1.165, 1.54) is 6.07 Å². The second-order valence-electron chi connectivity index (χ2n) is 6.88. The number of fused-ring (bicyclic) bond motifs is 6. The summed E-state index contributed by atoms with van der Waals surface area (Å²) in [5.41, 5.74) is 1.41. The fourth-order valence-electron chi connectivity index (χ4n) is 3.51. The van der Waals surface area contributed by atoms with Gasteiger partial charge < -0.3 is 4.52 Å². The molecule has 4 heterocycles. The Kier molecular flexibility index (Phi) is 2.84. The van der Waals surface area contributed by atoms with Crippen LogP contribution >= 0.6 is 0 Å². The molecule has 0 aliphatic heterocycles. The highest BCUT2D eigenvalue weighted by Crippen LogP contribution is 2.40. The zero-order valence-corrected chi connectivity index (χ0v) is 14.2. The average molecular weight is 384 g/mol. The van der Waals surface area contributed by atoms with Crippen molar-refractivity contribution in [2.24, 2.45) is 0 Å². The van der Waals surface area contributed by atoms with Gasteiger partial charge >= 0.3 is 6.18 Å². The molecular weight excluding hydrogens is 373 g/mol. The fourth-order valence-corrected chi connectivity index (χ4v) is 3.51. The molecule has 28 heavy (non-hydrogen) atoms. The predicted octanol–water partition coefficient (Wildman–Crippen LogP) is 4.08. The highest BCUT2D eigenvalue weighted by Gasteiger charge is 2.32. The Morgan fingerprint density at radius 3 is 2.79 bits per heavy atom. The largest absolute Gasteiger partial charge is 0.416 e. The molecule has 0 saturated heterocycles. The predicted molar refractivity (Wildman–Crippen MR) is 91.7 cm³/mol. The molecule has 0 unspecified atom stereocenters. The molecule has 0 amide bonds. The third kappa shape index (κ3) is 2.11. The van der Waals surface area contributed by atoms with Gasteiger partial charge in [0.15, 0.2) is 0 Å². The molecule has 0 N–H and O–H groups in total. The summed E-state index contributed by atoms with van der Waals surface area (Å²) in [4.78, 5) is 13.0. The Labute approximate surface area is 154 Å². The molecule has 7 nitrogen and oxygen atoms in total. The van der Waals surface area contributed by atoms with Crippen LogP contribution in [0.2, 0.25) is 0 Å². The highest BCUT2D eigenvalue weighted by molar-refractivity contribution is 5.95. The van der Waals surface area contributed by atoms with Gasteiger partial charge in [-0.25, -0.2) is 9.97 Å². The molecule has 6 rings (SSSR count). The Morgan fingerprint density at radius 2 is 2.00 bits per heavy atom. The molecular formula is C18H11F3N6O. The summed E-state index contributed by atoms with van der Waals surface area (Å²) in [5.74, 6) is 1.23. The van der Waals surface area contributed by atoms with Crippen LogP contribution in [-0.4, -0.2) is 28.9 Å². The summed E-state index contributed by atoms with van der Waals surface area (Å²) in [7, 11) is 0. The van der Waals surface area contributed by atoms with Crippen molar-refractivity contribution in [1.82, 2.24) is 28.9 Å². The first-order chi connectivity index (χ1) is 13.5. The van der Waals surface area contributed by atoms with Crippen molar-refractivity contribution in [3.63, 3.8) is 0 Å². The number of imidazole rings is 2. The molecule has 0 radical (unpaired) electrons. The van der Waals surface area contributed by atoms with Gasteiger partial charge in [0.1, 0.15) is 23.3 Å². The minimum atomic E-state index is -4.45. The van der Waals surface area contributed by atoms with Crippen LogP contribution in [0.4, 0.5) is 13.2 Å². The Bertz CT molecular complexity index is 1380. The molecule has 1 aliphatic carbocycles. The van der Waals surface area contributed by atoms with Crippen molar-refractivity contribution in [2.75, 3.05) is 0 Å². The number of alkyl halides is 3. The minimum Gasteiger partial charge on any atom is -0.339 e. The van der Waals surface area contributed by atoms with Gasteiger partial charge in [0.25, 0.3) is 0 Å². The maximum atomic E-state index is 13.2. The van der Waals surface area contributed by atoms with Gasteiger partial charge in [-0.15, -0.1) is 0 Å². The van der Waals surface area contributed by atoms with Crippen LogP contribution < -0.4 is 0 Å². The van der Waals surface area contributed by atoms with Gasteiger partial charge in [0, 0.05) is 11.3 Å². The van der Waals surface area contributed by atoms with Crippen LogP contribution in [0.3, 0.4) is 0 Å². The molecule has 1 aliphatic rings. The zero-order valence-electron chi connectivity index (χ0n) is 14.2. The topological polar surface area (TPSA) is 73.5 Å². The summed E-state index contributed by atoms with van der Waals surface area (Å²) in [5, 5.41) is 4.40. The van der Waals surface area contributed by atoms with Crippen molar-refractivity contribution in [1.29, 1.82) is 0 Å².